The Kier molecular flexibility index (Phi) is 7.33. The average molecular weight is 460 g/mol. The molecule has 1 aromatic carbocycles. The fraction of sp³-hybridized carbons (Fsp3) is 0.650. The molecular weight excluding hydrogens is 427 g/mol. The van der Waals surface area contributed by atoms with E-state index >= 15 is 0 Å². The van der Waals surface area contributed by atoms with Crippen LogP contribution in [0.3, 0.4) is 0 Å². The van der Waals surface area contributed by atoms with Crippen LogP contribution in [-0.2, 0) is 18.7 Å². The second-order valence-corrected chi connectivity index (χ2v) is 15.9. The van der Waals surface area contributed by atoms with Crippen molar-refractivity contribution in [2.45, 2.75) is 82.2 Å². The molecule has 1 aliphatic heterocycles. The molecule has 1 N–H and O–H groups in total. The Hall–Kier alpha value is -0.694. The summed E-state index contributed by atoms with van der Waals surface area (Å²) in [7, 11) is -2.14. The van der Waals surface area contributed by atoms with Gasteiger partial charge in [0.25, 0.3) is 0 Å². The SMILES string of the molecule is CC(=O)O[C@H]1O[C@H](C)[C@@H](O)[C@H](O[Si](C)(C)C(C)(C)C)[C@@H]1[Se]c1ccccc1. The van der Waals surface area contributed by atoms with Crippen LogP contribution in [0.15, 0.2) is 30.3 Å². The van der Waals surface area contributed by atoms with Crippen molar-refractivity contribution >= 4 is 33.7 Å². The quantitative estimate of drug-likeness (QED) is 0.542. The maximum atomic E-state index is 11.7. The summed E-state index contributed by atoms with van der Waals surface area (Å²) in [4.78, 5) is 11.4. The molecule has 1 fully saturated rings. The summed E-state index contributed by atoms with van der Waals surface area (Å²) in [5.74, 6) is -0.386. The Labute approximate surface area is 170 Å². The molecule has 0 aromatic heterocycles. The molecule has 1 saturated heterocycles. The summed E-state index contributed by atoms with van der Waals surface area (Å²) in [6.07, 6.45) is -2.37. The molecule has 5 nitrogen and oxygen atoms in total. The van der Waals surface area contributed by atoms with Crippen molar-refractivity contribution in [1.29, 1.82) is 0 Å². The number of benzene rings is 1. The van der Waals surface area contributed by atoms with Crippen LogP contribution in [0.5, 0.6) is 0 Å². The fourth-order valence-corrected chi connectivity index (χ4v) is 6.76. The van der Waals surface area contributed by atoms with E-state index in [2.05, 4.69) is 46.0 Å². The molecule has 0 amide bonds. The van der Waals surface area contributed by atoms with Crippen LogP contribution in [0.1, 0.15) is 34.6 Å². The van der Waals surface area contributed by atoms with Gasteiger partial charge in [-0.1, -0.05) is 0 Å². The number of hydrogen-bond donors (Lipinski definition) is 1. The first kappa shape index (κ1) is 22.6. The molecular formula is C20H32O5SeSi. The molecule has 5 atom stereocenters. The first-order chi connectivity index (χ1) is 12.4. The van der Waals surface area contributed by atoms with Gasteiger partial charge < -0.3 is 0 Å². The molecule has 1 aliphatic rings. The number of rotatable bonds is 5. The van der Waals surface area contributed by atoms with Gasteiger partial charge in [0.15, 0.2) is 0 Å². The molecule has 1 heterocycles. The van der Waals surface area contributed by atoms with E-state index in [4.69, 9.17) is 13.9 Å². The number of carbonyl (C=O) groups is 1. The molecule has 0 saturated carbocycles. The van der Waals surface area contributed by atoms with Gasteiger partial charge in [0.05, 0.1) is 0 Å². The molecule has 152 valence electrons. The summed E-state index contributed by atoms with van der Waals surface area (Å²) in [6, 6.07) is 10.1. The summed E-state index contributed by atoms with van der Waals surface area (Å²) >= 11 is -0.0878. The third kappa shape index (κ3) is 5.65. The van der Waals surface area contributed by atoms with E-state index in [-0.39, 0.29) is 30.8 Å². The van der Waals surface area contributed by atoms with Crippen molar-refractivity contribution in [3.05, 3.63) is 30.3 Å². The molecule has 2 rings (SSSR count). The standard InChI is InChI=1S/C20H32O5SeSi/c1-13-16(22)17(25-27(6,7)20(3,4)5)18(19(23-13)24-14(2)21)26-15-11-9-8-10-12-15/h8-13,16-19,22H,1-7H3/t13-,16-,17+,18+,19-/m1/s1. The molecule has 1 aromatic rings. The Balaban J connectivity index is 2.37. The van der Waals surface area contributed by atoms with E-state index in [1.54, 1.807) is 6.92 Å². The Morgan fingerprint density at radius 2 is 1.81 bits per heavy atom. The first-order valence-corrected chi connectivity index (χ1v) is 14.1. The van der Waals surface area contributed by atoms with Crippen molar-refractivity contribution < 1.29 is 23.8 Å². The normalized spacial score (nSPS) is 29.4. The molecule has 0 bridgehead atoms. The van der Waals surface area contributed by atoms with Gasteiger partial charge in [-0.25, -0.2) is 0 Å². The van der Waals surface area contributed by atoms with Crippen molar-refractivity contribution in [2.75, 3.05) is 0 Å². The topological polar surface area (TPSA) is 65.0 Å². The predicted molar refractivity (Wildman–Crippen MR) is 110 cm³/mol. The van der Waals surface area contributed by atoms with Crippen molar-refractivity contribution in [2.24, 2.45) is 0 Å². The van der Waals surface area contributed by atoms with Crippen LogP contribution in [0.2, 0.25) is 22.9 Å². The van der Waals surface area contributed by atoms with Crippen LogP contribution in [0, 0.1) is 0 Å². The van der Waals surface area contributed by atoms with E-state index in [1.807, 2.05) is 18.2 Å². The second-order valence-electron chi connectivity index (χ2n) is 8.55. The predicted octanol–water partition coefficient (Wildman–Crippen LogP) is 2.86. The minimum absolute atomic E-state index is 0.00941. The molecule has 0 radical (unpaired) electrons. The van der Waals surface area contributed by atoms with Crippen molar-refractivity contribution in [3.63, 3.8) is 0 Å². The summed E-state index contributed by atoms with van der Waals surface area (Å²) in [6.45, 7) is 14.1. The number of hydrogen-bond acceptors (Lipinski definition) is 5. The van der Waals surface area contributed by atoms with E-state index < -0.39 is 32.9 Å². The Morgan fingerprint density at radius 1 is 1.22 bits per heavy atom. The van der Waals surface area contributed by atoms with Crippen LogP contribution in [0.4, 0.5) is 0 Å². The van der Waals surface area contributed by atoms with Crippen LogP contribution >= 0.6 is 0 Å². The van der Waals surface area contributed by atoms with E-state index in [9.17, 15) is 9.90 Å². The van der Waals surface area contributed by atoms with Crippen LogP contribution in [0.25, 0.3) is 0 Å². The van der Waals surface area contributed by atoms with E-state index in [0.29, 0.717) is 0 Å². The zero-order valence-corrected chi connectivity index (χ0v) is 20.0. The number of aliphatic hydroxyl groups excluding tert-OH is 1. The monoisotopic (exact) mass is 460 g/mol. The summed E-state index contributed by atoms with van der Waals surface area (Å²) in [5, 5.41) is 10.9. The number of aliphatic hydroxyl groups is 1. The first-order valence-electron chi connectivity index (χ1n) is 9.32. The molecule has 27 heavy (non-hydrogen) atoms. The zero-order valence-electron chi connectivity index (χ0n) is 17.3. The average Bonchev–Trinajstić information content (AvgIpc) is 2.55. The van der Waals surface area contributed by atoms with Crippen LogP contribution in [-0.4, -0.2) is 59.0 Å². The van der Waals surface area contributed by atoms with Gasteiger partial charge in [-0.15, -0.1) is 0 Å². The summed E-state index contributed by atoms with van der Waals surface area (Å²) in [5.41, 5.74) is 0. The van der Waals surface area contributed by atoms with Gasteiger partial charge in [-0.3, -0.25) is 0 Å². The minimum atomic E-state index is -2.14. The van der Waals surface area contributed by atoms with Gasteiger partial charge in [0.1, 0.15) is 0 Å². The van der Waals surface area contributed by atoms with E-state index in [0.717, 1.165) is 4.46 Å². The van der Waals surface area contributed by atoms with E-state index in [1.165, 1.54) is 6.92 Å². The van der Waals surface area contributed by atoms with Gasteiger partial charge in [0, 0.05) is 0 Å². The van der Waals surface area contributed by atoms with Crippen molar-refractivity contribution in [1.82, 2.24) is 0 Å². The Bertz CT molecular complexity index is 631. The third-order valence-electron chi connectivity index (χ3n) is 5.29. The Morgan fingerprint density at radius 3 is 2.33 bits per heavy atom. The van der Waals surface area contributed by atoms with Gasteiger partial charge >= 0.3 is 170 Å². The number of ether oxygens (including phenoxy) is 2. The maximum absolute atomic E-state index is 11.7. The second kappa shape index (κ2) is 8.76. The molecule has 0 unspecified atom stereocenters. The van der Waals surface area contributed by atoms with Crippen molar-refractivity contribution in [3.8, 4) is 0 Å². The third-order valence-corrected chi connectivity index (χ3v) is 12.5. The number of carbonyl (C=O) groups excluding carboxylic acids is 1. The number of esters is 1. The van der Waals surface area contributed by atoms with Gasteiger partial charge in [0.2, 0.25) is 0 Å². The summed E-state index contributed by atoms with van der Waals surface area (Å²) < 4.78 is 19.2. The molecule has 0 aliphatic carbocycles. The van der Waals surface area contributed by atoms with Crippen LogP contribution < -0.4 is 4.46 Å². The molecule has 0 spiro atoms. The molecule has 7 heteroatoms. The van der Waals surface area contributed by atoms with Gasteiger partial charge in [-0.05, 0) is 0 Å². The van der Waals surface area contributed by atoms with Gasteiger partial charge in [-0.2, -0.15) is 0 Å². The zero-order chi connectivity index (χ0) is 20.4. The fourth-order valence-electron chi connectivity index (χ4n) is 2.68.